The number of aliphatic carboxylic acids is 1. The molecule has 1 aromatic rings. The van der Waals surface area contributed by atoms with E-state index >= 15 is 0 Å². The Morgan fingerprint density at radius 2 is 1.92 bits per heavy atom. The zero-order chi connectivity index (χ0) is 18.4. The Hall–Kier alpha value is -2.37. The molecule has 0 spiro atoms. The first kappa shape index (κ1) is 19.0. The molecule has 0 radical (unpaired) electrons. The lowest BCUT2D eigenvalue weighted by molar-refractivity contribution is -0.137. The average Bonchev–Trinajstić information content (AvgIpc) is 2.59. The molecule has 25 heavy (non-hydrogen) atoms. The highest BCUT2D eigenvalue weighted by Crippen LogP contribution is 2.21. The minimum atomic E-state index is -0.836. The van der Waals surface area contributed by atoms with Gasteiger partial charge >= 0.3 is 5.97 Å². The van der Waals surface area contributed by atoms with E-state index < -0.39 is 5.97 Å². The number of piperidine rings is 1. The van der Waals surface area contributed by atoms with Crippen LogP contribution in [0.5, 0.6) is 0 Å². The van der Waals surface area contributed by atoms with E-state index in [-0.39, 0.29) is 30.1 Å². The minimum absolute atomic E-state index is 0.0149. The molecule has 1 fully saturated rings. The molecule has 0 unspecified atom stereocenters. The van der Waals surface area contributed by atoms with E-state index in [4.69, 9.17) is 5.11 Å². The fourth-order valence-electron chi connectivity index (χ4n) is 3.03. The summed E-state index contributed by atoms with van der Waals surface area (Å²) >= 11 is 0. The Morgan fingerprint density at radius 3 is 2.52 bits per heavy atom. The summed E-state index contributed by atoms with van der Waals surface area (Å²) in [6.07, 6.45) is 1.85. The van der Waals surface area contributed by atoms with Crippen molar-refractivity contribution in [3.63, 3.8) is 0 Å². The topological polar surface area (TPSA) is 86.7 Å². The number of rotatable bonds is 6. The summed E-state index contributed by atoms with van der Waals surface area (Å²) in [5, 5.41) is 11.7. The number of carbonyl (C=O) groups excluding carboxylic acids is 2. The summed E-state index contributed by atoms with van der Waals surface area (Å²) < 4.78 is 0. The van der Waals surface area contributed by atoms with Gasteiger partial charge in [0.2, 0.25) is 11.8 Å². The highest BCUT2D eigenvalue weighted by atomic mass is 16.4. The summed E-state index contributed by atoms with van der Waals surface area (Å²) in [7, 11) is 0. The fourth-order valence-corrected chi connectivity index (χ4v) is 3.03. The second-order valence-corrected chi connectivity index (χ2v) is 6.84. The van der Waals surface area contributed by atoms with Gasteiger partial charge in [-0.1, -0.05) is 26.0 Å². The van der Waals surface area contributed by atoms with E-state index in [1.807, 2.05) is 36.9 Å². The maximum absolute atomic E-state index is 12.4. The molecule has 6 nitrogen and oxygen atoms in total. The van der Waals surface area contributed by atoms with Crippen molar-refractivity contribution >= 4 is 23.5 Å². The Labute approximate surface area is 148 Å². The Morgan fingerprint density at radius 1 is 1.24 bits per heavy atom. The quantitative estimate of drug-likeness (QED) is 0.829. The number of carboxylic acid groups (broad SMARTS) is 1. The Kier molecular flexibility index (Phi) is 6.56. The molecule has 1 aliphatic heterocycles. The number of carboxylic acids is 1. The summed E-state index contributed by atoms with van der Waals surface area (Å²) in [5.41, 5.74) is 1.58. The van der Waals surface area contributed by atoms with Crippen molar-refractivity contribution in [3.05, 3.63) is 29.8 Å². The lowest BCUT2D eigenvalue weighted by Gasteiger charge is -2.32. The summed E-state index contributed by atoms with van der Waals surface area (Å²) in [4.78, 5) is 36.9. The molecule has 0 bridgehead atoms. The SMILES string of the molecule is CC(C)C(=O)N1CCC(C(=O)Nc2cccc(CCC(=O)O)c2)CC1. The second kappa shape index (κ2) is 8.65. The third-order valence-electron chi connectivity index (χ3n) is 4.49. The van der Waals surface area contributed by atoms with E-state index in [1.165, 1.54) is 0 Å². The first-order valence-corrected chi connectivity index (χ1v) is 8.77. The highest BCUT2D eigenvalue weighted by molar-refractivity contribution is 5.92. The van der Waals surface area contributed by atoms with Gasteiger partial charge in [-0.3, -0.25) is 14.4 Å². The number of amides is 2. The van der Waals surface area contributed by atoms with Gasteiger partial charge in [0.1, 0.15) is 0 Å². The van der Waals surface area contributed by atoms with Crippen molar-refractivity contribution < 1.29 is 19.5 Å². The van der Waals surface area contributed by atoms with Crippen LogP contribution in [-0.2, 0) is 20.8 Å². The van der Waals surface area contributed by atoms with E-state index in [2.05, 4.69) is 5.32 Å². The lowest BCUT2D eigenvalue weighted by Crippen LogP contribution is -2.43. The molecular formula is C19H26N2O4. The molecule has 1 aliphatic rings. The number of aryl methyl sites for hydroxylation is 1. The largest absolute Gasteiger partial charge is 0.481 e. The summed E-state index contributed by atoms with van der Waals surface area (Å²) in [5.74, 6) is -0.841. The second-order valence-electron chi connectivity index (χ2n) is 6.84. The molecule has 136 valence electrons. The van der Waals surface area contributed by atoms with Crippen LogP contribution >= 0.6 is 0 Å². The number of hydrogen-bond acceptors (Lipinski definition) is 3. The van der Waals surface area contributed by atoms with Crippen LogP contribution < -0.4 is 5.32 Å². The summed E-state index contributed by atoms with van der Waals surface area (Å²) in [6.45, 7) is 5.01. The molecule has 1 aromatic carbocycles. The van der Waals surface area contributed by atoms with Gasteiger partial charge in [-0.15, -0.1) is 0 Å². The standard InChI is InChI=1S/C19H26N2O4/c1-13(2)19(25)21-10-8-15(9-11-21)18(24)20-16-5-3-4-14(12-16)6-7-17(22)23/h3-5,12-13,15H,6-11H2,1-2H3,(H,20,24)(H,22,23). The van der Waals surface area contributed by atoms with Crippen molar-refractivity contribution in [2.45, 2.75) is 39.5 Å². The molecule has 2 amide bonds. The predicted octanol–water partition coefficient (Wildman–Crippen LogP) is 2.54. The normalized spacial score (nSPS) is 15.2. The molecular weight excluding hydrogens is 320 g/mol. The molecule has 6 heteroatoms. The molecule has 1 heterocycles. The number of nitrogens with zero attached hydrogens (tertiary/aromatic N) is 1. The highest BCUT2D eigenvalue weighted by Gasteiger charge is 2.28. The van der Waals surface area contributed by atoms with Gasteiger partial charge in [0.05, 0.1) is 0 Å². The monoisotopic (exact) mass is 346 g/mol. The van der Waals surface area contributed by atoms with Crippen molar-refractivity contribution in [2.24, 2.45) is 11.8 Å². The lowest BCUT2D eigenvalue weighted by atomic mass is 9.95. The molecule has 0 aliphatic carbocycles. The van der Waals surface area contributed by atoms with Crippen LogP contribution in [0.15, 0.2) is 24.3 Å². The number of anilines is 1. The van der Waals surface area contributed by atoms with Crippen LogP contribution in [0.1, 0.15) is 38.7 Å². The van der Waals surface area contributed by atoms with Crippen LogP contribution in [-0.4, -0.2) is 40.9 Å². The zero-order valence-corrected chi connectivity index (χ0v) is 14.8. The number of carbonyl (C=O) groups is 3. The predicted molar refractivity (Wildman–Crippen MR) is 95.2 cm³/mol. The minimum Gasteiger partial charge on any atom is -0.481 e. The van der Waals surface area contributed by atoms with Crippen molar-refractivity contribution in [3.8, 4) is 0 Å². The first-order chi connectivity index (χ1) is 11.9. The maximum atomic E-state index is 12.4. The fraction of sp³-hybridized carbons (Fsp3) is 0.526. The number of likely N-dealkylation sites (tertiary alicyclic amines) is 1. The van der Waals surface area contributed by atoms with E-state index in [0.29, 0.717) is 38.0 Å². The van der Waals surface area contributed by atoms with Gasteiger partial charge in [-0.25, -0.2) is 0 Å². The number of benzene rings is 1. The third-order valence-corrected chi connectivity index (χ3v) is 4.49. The number of hydrogen-bond donors (Lipinski definition) is 2. The average molecular weight is 346 g/mol. The van der Waals surface area contributed by atoms with Crippen molar-refractivity contribution in [2.75, 3.05) is 18.4 Å². The zero-order valence-electron chi connectivity index (χ0n) is 14.8. The molecule has 0 aromatic heterocycles. The van der Waals surface area contributed by atoms with Crippen molar-refractivity contribution in [1.82, 2.24) is 4.90 Å². The van der Waals surface area contributed by atoms with Gasteiger partial charge in [0, 0.05) is 37.0 Å². The molecule has 0 atom stereocenters. The van der Waals surface area contributed by atoms with Crippen LogP contribution in [0.3, 0.4) is 0 Å². The maximum Gasteiger partial charge on any atom is 0.303 e. The number of nitrogens with one attached hydrogen (secondary N) is 1. The third kappa shape index (κ3) is 5.59. The van der Waals surface area contributed by atoms with Crippen LogP contribution in [0, 0.1) is 11.8 Å². The van der Waals surface area contributed by atoms with Gasteiger partial charge in [0.25, 0.3) is 0 Å². The molecule has 2 N–H and O–H groups in total. The van der Waals surface area contributed by atoms with E-state index in [1.54, 1.807) is 6.07 Å². The van der Waals surface area contributed by atoms with Gasteiger partial charge in [-0.05, 0) is 37.0 Å². The van der Waals surface area contributed by atoms with Gasteiger partial charge in [-0.2, -0.15) is 0 Å². The van der Waals surface area contributed by atoms with Gasteiger partial charge < -0.3 is 15.3 Å². The van der Waals surface area contributed by atoms with Gasteiger partial charge in [0.15, 0.2) is 0 Å². The Bertz CT molecular complexity index is 634. The first-order valence-electron chi connectivity index (χ1n) is 8.77. The summed E-state index contributed by atoms with van der Waals surface area (Å²) in [6, 6.07) is 7.29. The van der Waals surface area contributed by atoms with Crippen LogP contribution in [0.2, 0.25) is 0 Å². The molecule has 2 rings (SSSR count). The van der Waals surface area contributed by atoms with E-state index in [0.717, 1.165) is 5.56 Å². The van der Waals surface area contributed by atoms with Crippen LogP contribution in [0.25, 0.3) is 0 Å². The smallest absolute Gasteiger partial charge is 0.303 e. The van der Waals surface area contributed by atoms with E-state index in [9.17, 15) is 14.4 Å². The molecule has 1 saturated heterocycles. The van der Waals surface area contributed by atoms with Crippen LogP contribution in [0.4, 0.5) is 5.69 Å². The molecule has 0 saturated carbocycles. The van der Waals surface area contributed by atoms with Crippen molar-refractivity contribution in [1.29, 1.82) is 0 Å². The Balaban J connectivity index is 1.87.